The molecule has 0 unspecified atom stereocenters. The van der Waals surface area contributed by atoms with E-state index < -0.39 is 10.8 Å². The van der Waals surface area contributed by atoms with Crippen LogP contribution in [0.3, 0.4) is 0 Å². The van der Waals surface area contributed by atoms with Gasteiger partial charge < -0.3 is 15.4 Å². The van der Waals surface area contributed by atoms with Gasteiger partial charge in [0.15, 0.2) is 0 Å². The Kier molecular flexibility index (Phi) is 7.50. The second kappa shape index (κ2) is 11.3. The van der Waals surface area contributed by atoms with Crippen molar-refractivity contribution >= 4 is 38.9 Å². The zero-order chi connectivity index (χ0) is 23.9. The maximum atomic E-state index is 11.5. The van der Waals surface area contributed by atoms with Crippen molar-refractivity contribution in [2.24, 2.45) is 0 Å². The molecule has 1 aromatic heterocycles. The van der Waals surface area contributed by atoms with Crippen LogP contribution in [-0.2, 0) is 17.4 Å². The van der Waals surface area contributed by atoms with E-state index in [0.717, 1.165) is 77.1 Å². The summed E-state index contributed by atoms with van der Waals surface area (Å²) in [5, 5.41) is 7.84. The normalized spacial score (nSPS) is 14.6. The maximum Gasteiger partial charge on any atom is 0.141 e. The summed E-state index contributed by atoms with van der Waals surface area (Å²) in [6.07, 6.45) is 1.58. The fourth-order valence-electron chi connectivity index (χ4n) is 4.04. The Labute approximate surface area is 208 Å². The van der Waals surface area contributed by atoms with Crippen molar-refractivity contribution in [2.75, 3.05) is 48.3 Å². The third-order valence-corrected chi connectivity index (χ3v) is 7.31. The Morgan fingerprint density at radius 1 is 0.914 bits per heavy atom. The minimum absolute atomic E-state index is 0.541. The monoisotopic (exact) mass is 487 g/mol. The SMILES string of the molecule is O=S1CCN(CCNc2ccc3c(Nc4ccc(OCc5ccccc5)cc4)ncnc3c2)CC1. The molecule has 180 valence electrons. The Balaban J connectivity index is 1.18. The van der Waals surface area contributed by atoms with Crippen molar-refractivity contribution in [1.82, 2.24) is 14.9 Å². The molecule has 1 aliphatic heterocycles. The van der Waals surface area contributed by atoms with Crippen LogP contribution in [0.2, 0.25) is 0 Å². The minimum Gasteiger partial charge on any atom is -0.489 e. The lowest BCUT2D eigenvalue weighted by atomic mass is 10.2. The van der Waals surface area contributed by atoms with Crippen LogP contribution in [0.5, 0.6) is 5.75 Å². The van der Waals surface area contributed by atoms with E-state index >= 15 is 0 Å². The number of aromatic nitrogens is 2. The van der Waals surface area contributed by atoms with Crippen LogP contribution in [0.4, 0.5) is 17.2 Å². The summed E-state index contributed by atoms with van der Waals surface area (Å²) in [4.78, 5) is 11.3. The Hall–Kier alpha value is -3.49. The Morgan fingerprint density at radius 2 is 1.69 bits per heavy atom. The molecule has 7 nitrogen and oxygen atoms in total. The standard InChI is InChI=1S/C27H29N5O2S/c33-35-16-14-32(15-17-35)13-12-28-23-8-11-25-26(18-23)29-20-30-27(25)31-22-6-9-24(10-7-22)34-19-21-4-2-1-3-5-21/h1-11,18,20,28H,12-17,19H2,(H,29,30,31). The highest BCUT2D eigenvalue weighted by molar-refractivity contribution is 7.85. The molecule has 8 heteroatoms. The molecule has 0 spiro atoms. The summed E-state index contributed by atoms with van der Waals surface area (Å²) in [6, 6.07) is 24.2. The number of benzene rings is 3. The van der Waals surface area contributed by atoms with Crippen LogP contribution in [0.1, 0.15) is 5.56 Å². The van der Waals surface area contributed by atoms with E-state index in [1.54, 1.807) is 6.33 Å². The van der Waals surface area contributed by atoms with Crippen molar-refractivity contribution in [2.45, 2.75) is 6.61 Å². The molecular formula is C27H29N5O2S. The highest BCUT2D eigenvalue weighted by Crippen LogP contribution is 2.26. The largest absolute Gasteiger partial charge is 0.489 e. The number of anilines is 3. The number of rotatable bonds is 9. The first kappa shape index (κ1) is 23.3. The summed E-state index contributed by atoms with van der Waals surface area (Å²) in [7, 11) is -0.634. The highest BCUT2D eigenvalue weighted by Gasteiger charge is 2.14. The van der Waals surface area contributed by atoms with E-state index in [0.29, 0.717) is 6.61 Å². The third kappa shape index (κ3) is 6.35. The van der Waals surface area contributed by atoms with Crippen LogP contribution in [0.25, 0.3) is 10.9 Å². The van der Waals surface area contributed by atoms with Crippen molar-refractivity contribution in [3.8, 4) is 5.75 Å². The lowest BCUT2D eigenvalue weighted by Crippen LogP contribution is -2.40. The molecular weight excluding hydrogens is 458 g/mol. The topological polar surface area (TPSA) is 79.4 Å². The second-order valence-corrected chi connectivity index (χ2v) is 10.2. The zero-order valence-corrected chi connectivity index (χ0v) is 20.3. The number of nitrogens with zero attached hydrogens (tertiary/aromatic N) is 3. The van der Waals surface area contributed by atoms with E-state index in [-0.39, 0.29) is 0 Å². The summed E-state index contributed by atoms with van der Waals surface area (Å²) in [6.45, 7) is 4.15. The van der Waals surface area contributed by atoms with Gasteiger partial charge in [-0.1, -0.05) is 30.3 Å². The van der Waals surface area contributed by atoms with Gasteiger partial charge in [-0.25, -0.2) is 9.97 Å². The molecule has 0 amide bonds. The summed E-state index contributed by atoms with van der Waals surface area (Å²) in [5.41, 5.74) is 3.98. The summed E-state index contributed by atoms with van der Waals surface area (Å²) >= 11 is 0. The first-order chi connectivity index (χ1) is 17.2. The highest BCUT2D eigenvalue weighted by atomic mass is 32.2. The van der Waals surface area contributed by atoms with E-state index in [9.17, 15) is 4.21 Å². The molecule has 0 aliphatic carbocycles. The van der Waals surface area contributed by atoms with E-state index in [4.69, 9.17) is 4.74 Å². The van der Waals surface area contributed by atoms with E-state index in [2.05, 4.69) is 43.7 Å². The molecule has 5 rings (SSSR count). The first-order valence-electron chi connectivity index (χ1n) is 11.8. The molecule has 0 radical (unpaired) electrons. The van der Waals surface area contributed by atoms with Gasteiger partial charge in [-0.15, -0.1) is 0 Å². The Morgan fingerprint density at radius 3 is 2.49 bits per heavy atom. The summed E-state index contributed by atoms with van der Waals surface area (Å²) in [5.74, 6) is 3.15. The molecule has 2 heterocycles. The smallest absolute Gasteiger partial charge is 0.141 e. The van der Waals surface area contributed by atoms with E-state index in [1.165, 1.54) is 0 Å². The lowest BCUT2D eigenvalue weighted by Gasteiger charge is -2.26. The number of nitrogens with one attached hydrogen (secondary N) is 2. The number of hydrogen-bond donors (Lipinski definition) is 2. The van der Waals surface area contributed by atoms with Crippen LogP contribution < -0.4 is 15.4 Å². The average molecular weight is 488 g/mol. The quantitative estimate of drug-likeness (QED) is 0.362. The minimum atomic E-state index is -0.634. The predicted octanol–water partition coefficient (Wildman–Crippen LogP) is 4.43. The van der Waals surface area contributed by atoms with Gasteiger partial charge in [0.1, 0.15) is 24.5 Å². The lowest BCUT2D eigenvalue weighted by molar-refractivity contribution is 0.306. The van der Waals surface area contributed by atoms with Gasteiger partial charge in [0, 0.05) is 65.2 Å². The molecule has 4 aromatic rings. The molecule has 1 aliphatic rings. The van der Waals surface area contributed by atoms with Gasteiger partial charge in [-0.05, 0) is 48.0 Å². The molecule has 0 atom stereocenters. The molecule has 0 bridgehead atoms. The van der Waals surface area contributed by atoms with Crippen molar-refractivity contribution in [1.29, 1.82) is 0 Å². The van der Waals surface area contributed by atoms with Gasteiger partial charge in [0.05, 0.1) is 5.52 Å². The maximum absolute atomic E-state index is 11.5. The van der Waals surface area contributed by atoms with Crippen molar-refractivity contribution in [3.63, 3.8) is 0 Å². The second-order valence-electron chi connectivity index (χ2n) is 8.49. The first-order valence-corrected chi connectivity index (χ1v) is 13.3. The molecule has 1 fully saturated rings. The Bertz CT molecular complexity index is 1270. The molecule has 2 N–H and O–H groups in total. The molecule has 0 saturated carbocycles. The zero-order valence-electron chi connectivity index (χ0n) is 19.5. The molecule has 1 saturated heterocycles. The molecule has 3 aromatic carbocycles. The fraction of sp³-hybridized carbons (Fsp3) is 0.259. The van der Waals surface area contributed by atoms with Gasteiger partial charge in [0.2, 0.25) is 0 Å². The van der Waals surface area contributed by atoms with Crippen molar-refractivity contribution in [3.05, 3.63) is 84.7 Å². The van der Waals surface area contributed by atoms with Crippen LogP contribution in [-0.4, -0.2) is 56.8 Å². The third-order valence-electron chi connectivity index (χ3n) is 6.03. The van der Waals surface area contributed by atoms with Crippen LogP contribution >= 0.6 is 0 Å². The number of fused-ring (bicyclic) bond motifs is 1. The fourth-order valence-corrected chi connectivity index (χ4v) is 5.16. The van der Waals surface area contributed by atoms with Gasteiger partial charge in [-0.2, -0.15) is 0 Å². The van der Waals surface area contributed by atoms with Gasteiger partial charge >= 0.3 is 0 Å². The summed E-state index contributed by atoms with van der Waals surface area (Å²) < 4.78 is 17.4. The van der Waals surface area contributed by atoms with Crippen molar-refractivity contribution < 1.29 is 8.95 Å². The van der Waals surface area contributed by atoms with Crippen LogP contribution in [0.15, 0.2) is 79.1 Å². The molecule has 35 heavy (non-hydrogen) atoms. The van der Waals surface area contributed by atoms with E-state index in [1.807, 2.05) is 54.6 Å². The average Bonchev–Trinajstić information content (AvgIpc) is 2.90. The number of ether oxygens (including phenoxy) is 1. The van der Waals surface area contributed by atoms with Crippen LogP contribution in [0, 0.1) is 0 Å². The number of hydrogen-bond acceptors (Lipinski definition) is 7. The van der Waals surface area contributed by atoms with Gasteiger partial charge in [-0.3, -0.25) is 9.11 Å². The predicted molar refractivity (Wildman–Crippen MR) is 143 cm³/mol. The van der Waals surface area contributed by atoms with Gasteiger partial charge in [0.25, 0.3) is 0 Å².